The quantitative estimate of drug-likeness (QED) is 0.390. The molecule has 0 aliphatic carbocycles. The first kappa shape index (κ1) is 22.6. The van der Waals surface area contributed by atoms with Gasteiger partial charge in [-0.25, -0.2) is 0 Å². The van der Waals surface area contributed by atoms with Crippen LogP contribution in [0.5, 0.6) is 0 Å². The van der Waals surface area contributed by atoms with Crippen LogP contribution in [-0.2, 0) is 6.42 Å². The molecule has 3 nitrogen and oxygen atoms in total. The predicted octanol–water partition coefficient (Wildman–Crippen LogP) is 5.65. The molecule has 0 saturated heterocycles. The average molecular weight is 456 g/mol. The fourth-order valence-corrected chi connectivity index (χ4v) is 19.0. The Labute approximate surface area is 159 Å². The number of furan rings is 1. The van der Waals surface area contributed by atoms with Crippen LogP contribution in [0.4, 0.5) is 0 Å². The van der Waals surface area contributed by atoms with Gasteiger partial charge in [0.2, 0.25) is 0 Å². The van der Waals surface area contributed by atoms with Crippen LogP contribution in [0.2, 0.25) is 13.3 Å². The van der Waals surface area contributed by atoms with Crippen LogP contribution in [-0.4, -0.2) is 30.8 Å². The molecule has 0 aromatic carbocycles. The molecule has 0 atom stereocenters. The monoisotopic (exact) mass is 457 g/mol. The second kappa shape index (κ2) is 12.0. The maximum atomic E-state index is 12.4. The molecule has 25 heavy (non-hydrogen) atoms. The van der Waals surface area contributed by atoms with Crippen molar-refractivity contribution in [1.29, 1.82) is 0 Å². The Hall–Kier alpha value is -0.451. The SMILES string of the molecule is CCC[CH2][Sn]([CH2]CCC)([CH2]CCC)[c]1cc(CC)c(C(=O)NCC)o1. The third-order valence-electron chi connectivity index (χ3n) is 5.28. The number of rotatable bonds is 13. The number of unbranched alkanes of at least 4 members (excludes halogenated alkanes) is 3. The molecule has 0 fully saturated rings. The summed E-state index contributed by atoms with van der Waals surface area (Å²) in [5.74, 6) is 0.553. The molecule has 1 aromatic rings. The van der Waals surface area contributed by atoms with Crippen LogP contribution >= 0.6 is 0 Å². The molecule has 0 aliphatic rings. The molecule has 0 saturated carbocycles. The topological polar surface area (TPSA) is 42.2 Å². The summed E-state index contributed by atoms with van der Waals surface area (Å²) in [4.78, 5) is 12.4. The van der Waals surface area contributed by atoms with Crippen LogP contribution in [0.15, 0.2) is 10.5 Å². The van der Waals surface area contributed by atoms with Crippen molar-refractivity contribution in [2.45, 2.75) is 92.9 Å². The van der Waals surface area contributed by atoms with E-state index in [9.17, 15) is 4.79 Å². The molecule has 4 heteroatoms. The Morgan fingerprint density at radius 3 is 1.88 bits per heavy atom. The first-order valence-corrected chi connectivity index (χ1v) is 18.0. The zero-order valence-corrected chi connectivity index (χ0v) is 20.0. The summed E-state index contributed by atoms with van der Waals surface area (Å²) in [5.41, 5.74) is 1.10. The number of nitrogens with one attached hydrogen (secondary N) is 1. The molecule has 0 bridgehead atoms. The summed E-state index contributed by atoms with van der Waals surface area (Å²) < 4.78 is 11.7. The van der Waals surface area contributed by atoms with E-state index in [-0.39, 0.29) is 5.91 Å². The number of carbonyl (C=O) groups excluding carboxylic acids is 1. The van der Waals surface area contributed by atoms with Gasteiger partial charge in [-0.15, -0.1) is 0 Å². The fraction of sp³-hybridized carbons (Fsp3) is 0.762. The van der Waals surface area contributed by atoms with E-state index in [0.29, 0.717) is 12.3 Å². The van der Waals surface area contributed by atoms with Gasteiger partial charge in [0, 0.05) is 0 Å². The van der Waals surface area contributed by atoms with Crippen molar-refractivity contribution in [1.82, 2.24) is 5.32 Å². The van der Waals surface area contributed by atoms with Crippen LogP contribution in [0, 0.1) is 0 Å². The van der Waals surface area contributed by atoms with Crippen LogP contribution in [0.3, 0.4) is 0 Å². The van der Waals surface area contributed by atoms with Gasteiger partial charge >= 0.3 is 159 Å². The van der Waals surface area contributed by atoms with Crippen molar-refractivity contribution in [2.75, 3.05) is 6.54 Å². The van der Waals surface area contributed by atoms with Crippen molar-refractivity contribution in [3.05, 3.63) is 17.4 Å². The van der Waals surface area contributed by atoms with E-state index in [1.165, 1.54) is 55.6 Å². The van der Waals surface area contributed by atoms with Crippen LogP contribution in [0.25, 0.3) is 0 Å². The Kier molecular flexibility index (Phi) is 10.9. The van der Waals surface area contributed by atoms with Crippen molar-refractivity contribution in [3.8, 4) is 0 Å². The molecule has 0 aliphatic heterocycles. The van der Waals surface area contributed by atoms with E-state index in [2.05, 4.69) is 39.1 Å². The Morgan fingerprint density at radius 2 is 1.48 bits per heavy atom. The number of hydrogen-bond acceptors (Lipinski definition) is 2. The molecule has 144 valence electrons. The first-order chi connectivity index (χ1) is 12.1. The Morgan fingerprint density at radius 1 is 0.960 bits per heavy atom. The van der Waals surface area contributed by atoms with Crippen molar-refractivity contribution in [2.24, 2.45) is 0 Å². The maximum absolute atomic E-state index is 12.4. The Balaban J connectivity index is 3.27. The molecule has 1 aromatic heterocycles. The second-order valence-electron chi connectivity index (χ2n) is 7.27. The predicted molar refractivity (Wildman–Crippen MR) is 111 cm³/mol. The van der Waals surface area contributed by atoms with Crippen LogP contribution in [0.1, 0.15) is 89.3 Å². The van der Waals surface area contributed by atoms with Crippen molar-refractivity contribution < 1.29 is 9.21 Å². The van der Waals surface area contributed by atoms with Gasteiger partial charge in [-0.05, 0) is 0 Å². The average Bonchev–Trinajstić information content (AvgIpc) is 3.07. The first-order valence-electron chi connectivity index (χ1n) is 10.5. The molecule has 1 amide bonds. The van der Waals surface area contributed by atoms with Gasteiger partial charge in [0.15, 0.2) is 0 Å². The number of hydrogen-bond donors (Lipinski definition) is 1. The van der Waals surface area contributed by atoms with E-state index in [4.69, 9.17) is 4.42 Å². The molecule has 1 rings (SSSR count). The third-order valence-corrected chi connectivity index (χ3v) is 20.2. The molecule has 0 spiro atoms. The second-order valence-corrected chi connectivity index (χ2v) is 20.3. The van der Waals surface area contributed by atoms with Gasteiger partial charge < -0.3 is 0 Å². The van der Waals surface area contributed by atoms with Gasteiger partial charge in [-0.3, -0.25) is 0 Å². The van der Waals surface area contributed by atoms with Gasteiger partial charge in [0.1, 0.15) is 0 Å². The van der Waals surface area contributed by atoms with Gasteiger partial charge in [-0.2, -0.15) is 0 Å². The third kappa shape index (κ3) is 6.33. The fourth-order valence-electron chi connectivity index (χ4n) is 3.68. The zero-order chi connectivity index (χ0) is 18.7. The minimum absolute atomic E-state index is 0.0349. The molecular weight excluding hydrogens is 417 g/mol. The van der Waals surface area contributed by atoms with E-state index >= 15 is 0 Å². The number of aryl methyl sites for hydroxylation is 1. The molecular formula is C21H39NO2Sn. The molecule has 1 heterocycles. The summed E-state index contributed by atoms with van der Waals surface area (Å²) in [6.45, 7) is 11.6. The molecule has 0 radical (unpaired) electrons. The zero-order valence-electron chi connectivity index (χ0n) is 17.2. The van der Waals surface area contributed by atoms with E-state index in [0.717, 1.165) is 12.0 Å². The summed E-state index contributed by atoms with van der Waals surface area (Å²) in [7, 11) is 0. The Bertz CT molecular complexity index is 488. The molecule has 1 N–H and O–H groups in total. The van der Waals surface area contributed by atoms with E-state index < -0.39 is 18.4 Å². The summed E-state index contributed by atoms with van der Waals surface area (Å²) in [6.07, 6.45) is 8.55. The van der Waals surface area contributed by atoms with Gasteiger partial charge in [0.05, 0.1) is 0 Å². The standard InChI is InChI=1S/C9H12NO2.3C4H9.Sn/c1-3-7-5-6-12-8(7)9(11)10-4-2;3*1-3-4-2;/h5H,3-4H2,1-2H3,(H,10,11);3*1,3-4H2,2H3;. The summed E-state index contributed by atoms with van der Waals surface area (Å²) in [6, 6.07) is 2.28. The van der Waals surface area contributed by atoms with Crippen molar-refractivity contribution >= 4 is 28.1 Å². The van der Waals surface area contributed by atoms with Crippen molar-refractivity contribution in [3.63, 3.8) is 0 Å². The van der Waals surface area contributed by atoms with E-state index in [1.807, 2.05) is 6.92 Å². The normalized spacial score (nSPS) is 11.7. The van der Waals surface area contributed by atoms with Gasteiger partial charge in [-0.1, -0.05) is 0 Å². The summed E-state index contributed by atoms with van der Waals surface area (Å²) in [5, 5.41) is 2.92. The van der Waals surface area contributed by atoms with E-state index in [1.54, 1.807) is 0 Å². The number of carbonyl (C=O) groups is 1. The van der Waals surface area contributed by atoms with Gasteiger partial charge in [0.25, 0.3) is 0 Å². The number of amides is 1. The van der Waals surface area contributed by atoms with Crippen LogP contribution < -0.4 is 9.09 Å². The molecule has 0 unspecified atom stereocenters. The summed E-state index contributed by atoms with van der Waals surface area (Å²) >= 11 is -2.58. The minimum atomic E-state index is -2.58.